The summed E-state index contributed by atoms with van der Waals surface area (Å²) >= 11 is 1.14. The highest BCUT2D eigenvalue weighted by molar-refractivity contribution is 8.03. The summed E-state index contributed by atoms with van der Waals surface area (Å²) in [6, 6.07) is 16.6. The van der Waals surface area contributed by atoms with E-state index in [2.05, 4.69) is 16.7 Å². The standard InChI is InChI=1S/C23H23N3O4S/c1-3-30-18-8-4-15(5-9-18)19-12-21(27)26-23(20(19)13-24)31-14-22(28)25-16-6-10-17(29-2)11-7-16/h4-11,19H,3,12,14H2,1-2H3,(H,25,28)(H,26,27). The van der Waals surface area contributed by atoms with Crippen LogP contribution in [0.2, 0.25) is 0 Å². The molecule has 1 unspecified atom stereocenters. The minimum absolute atomic E-state index is 0.0584. The lowest BCUT2D eigenvalue weighted by Gasteiger charge is -2.25. The minimum Gasteiger partial charge on any atom is -0.497 e. The van der Waals surface area contributed by atoms with Crippen molar-refractivity contribution in [3.8, 4) is 17.6 Å². The Morgan fingerprint density at radius 3 is 2.48 bits per heavy atom. The lowest BCUT2D eigenvalue weighted by Crippen LogP contribution is -2.31. The fourth-order valence-corrected chi connectivity index (χ4v) is 4.07. The number of ether oxygens (including phenoxy) is 2. The van der Waals surface area contributed by atoms with Crippen LogP contribution in [0.5, 0.6) is 11.5 Å². The molecule has 3 rings (SSSR count). The van der Waals surface area contributed by atoms with E-state index >= 15 is 0 Å². The predicted molar refractivity (Wildman–Crippen MR) is 120 cm³/mol. The van der Waals surface area contributed by atoms with Crippen LogP contribution in [0.3, 0.4) is 0 Å². The first kappa shape index (κ1) is 22.2. The maximum Gasteiger partial charge on any atom is 0.234 e. The maximum atomic E-state index is 12.3. The molecule has 0 radical (unpaired) electrons. The average molecular weight is 438 g/mol. The number of nitrogens with one attached hydrogen (secondary N) is 2. The zero-order chi connectivity index (χ0) is 22.2. The van der Waals surface area contributed by atoms with Gasteiger partial charge in [0.15, 0.2) is 0 Å². The molecule has 7 nitrogen and oxygen atoms in total. The number of anilines is 1. The van der Waals surface area contributed by atoms with Crippen LogP contribution in [-0.2, 0) is 9.59 Å². The average Bonchev–Trinajstić information content (AvgIpc) is 2.78. The molecule has 0 bridgehead atoms. The van der Waals surface area contributed by atoms with Crippen molar-refractivity contribution < 1.29 is 19.1 Å². The van der Waals surface area contributed by atoms with E-state index in [1.54, 1.807) is 31.4 Å². The Labute approximate surface area is 185 Å². The summed E-state index contributed by atoms with van der Waals surface area (Å²) in [4.78, 5) is 24.6. The van der Waals surface area contributed by atoms with Gasteiger partial charge in [-0.1, -0.05) is 23.9 Å². The molecule has 1 heterocycles. The number of carbonyl (C=O) groups is 2. The van der Waals surface area contributed by atoms with E-state index in [1.165, 1.54) is 0 Å². The monoisotopic (exact) mass is 437 g/mol. The van der Waals surface area contributed by atoms with Gasteiger partial charge in [0.25, 0.3) is 0 Å². The lowest BCUT2D eigenvalue weighted by atomic mass is 9.87. The van der Waals surface area contributed by atoms with Gasteiger partial charge in [0, 0.05) is 18.0 Å². The van der Waals surface area contributed by atoms with Crippen LogP contribution < -0.4 is 20.1 Å². The van der Waals surface area contributed by atoms with Gasteiger partial charge in [-0.15, -0.1) is 0 Å². The molecule has 1 aliphatic rings. The van der Waals surface area contributed by atoms with Crippen LogP contribution in [0.25, 0.3) is 0 Å². The third kappa shape index (κ3) is 5.80. The van der Waals surface area contributed by atoms with E-state index in [1.807, 2.05) is 31.2 Å². The van der Waals surface area contributed by atoms with Gasteiger partial charge in [-0.2, -0.15) is 5.26 Å². The van der Waals surface area contributed by atoms with Gasteiger partial charge in [0.1, 0.15) is 11.5 Å². The number of rotatable bonds is 8. The van der Waals surface area contributed by atoms with Crippen molar-refractivity contribution in [1.82, 2.24) is 5.32 Å². The van der Waals surface area contributed by atoms with E-state index < -0.39 is 0 Å². The minimum atomic E-state index is -0.360. The smallest absolute Gasteiger partial charge is 0.234 e. The molecular formula is C23H23N3O4S. The molecule has 2 N–H and O–H groups in total. The zero-order valence-corrected chi connectivity index (χ0v) is 18.1. The summed E-state index contributed by atoms with van der Waals surface area (Å²) in [5.74, 6) is 0.707. The highest BCUT2D eigenvalue weighted by Crippen LogP contribution is 2.36. The summed E-state index contributed by atoms with van der Waals surface area (Å²) in [7, 11) is 1.57. The number of nitriles is 1. The van der Waals surface area contributed by atoms with E-state index in [0.29, 0.717) is 28.6 Å². The fourth-order valence-electron chi connectivity index (χ4n) is 3.19. The van der Waals surface area contributed by atoms with Crippen LogP contribution in [0, 0.1) is 11.3 Å². The van der Waals surface area contributed by atoms with Crippen molar-refractivity contribution in [3.63, 3.8) is 0 Å². The normalized spacial score (nSPS) is 15.6. The molecule has 0 fully saturated rings. The van der Waals surface area contributed by atoms with Crippen LogP contribution in [0.4, 0.5) is 5.69 Å². The van der Waals surface area contributed by atoms with E-state index in [4.69, 9.17) is 9.47 Å². The zero-order valence-electron chi connectivity index (χ0n) is 17.3. The van der Waals surface area contributed by atoms with Gasteiger partial charge < -0.3 is 20.1 Å². The first-order valence-electron chi connectivity index (χ1n) is 9.77. The first-order valence-corrected chi connectivity index (χ1v) is 10.8. The second kappa shape index (κ2) is 10.5. The number of carbonyl (C=O) groups excluding carboxylic acids is 2. The number of benzene rings is 2. The molecule has 0 saturated heterocycles. The number of allylic oxidation sites excluding steroid dienone is 1. The number of methoxy groups -OCH3 is 1. The molecule has 1 atom stereocenters. The quantitative estimate of drug-likeness (QED) is 0.651. The van der Waals surface area contributed by atoms with Crippen molar-refractivity contribution in [1.29, 1.82) is 5.26 Å². The van der Waals surface area contributed by atoms with Gasteiger partial charge in [0.05, 0.1) is 36.1 Å². The van der Waals surface area contributed by atoms with Crippen molar-refractivity contribution in [2.24, 2.45) is 0 Å². The van der Waals surface area contributed by atoms with Crippen LogP contribution in [0.15, 0.2) is 59.1 Å². The van der Waals surface area contributed by atoms with Crippen LogP contribution in [-0.4, -0.2) is 31.3 Å². The summed E-state index contributed by atoms with van der Waals surface area (Å²) in [5.41, 5.74) is 1.95. The van der Waals surface area contributed by atoms with Crippen LogP contribution >= 0.6 is 11.8 Å². The molecule has 0 aliphatic carbocycles. The summed E-state index contributed by atoms with van der Waals surface area (Å²) in [6.07, 6.45) is 0.180. The predicted octanol–water partition coefficient (Wildman–Crippen LogP) is 3.80. The number of amides is 2. The molecule has 31 heavy (non-hydrogen) atoms. The molecule has 2 amide bonds. The fraction of sp³-hybridized carbons (Fsp3) is 0.261. The molecule has 2 aromatic carbocycles. The van der Waals surface area contributed by atoms with Gasteiger partial charge in [-0.25, -0.2) is 0 Å². The van der Waals surface area contributed by atoms with Crippen molar-refractivity contribution in [3.05, 3.63) is 64.7 Å². The number of hydrogen-bond donors (Lipinski definition) is 2. The highest BCUT2D eigenvalue weighted by Gasteiger charge is 2.29. The number of thioether (sulfide) groups is 1. The Morgan fingerprint density at radius 1 is 1.19 bits per heavy atom. The van der Waals surface area contributed by atoms with Crippen molar-refractivity contribution in [2.75, 3.05) is 24.8 Å². The molecular weight excluding hydrogens is 414 g/mol. The Hall–Kier alpha value is -3.44. The molecule has 160 valence electrons. The summed E-state index contributed by atoms with van der Waals surface area (Å²) < 4.78 is 10.6. The van der Waals surface area contributed by atoms with Crippen molar-refractivity contribution >= 4 is 29.3 Å². The summed E-state index contributed by atoms with van der Waals surface area (Å²) in [5, 5.41) is 15.7. The molecule has 0 aromatic heterocycles. The Balaban J connectivity index is 1.70. The van der Waals surface area contributed by atoms with E-state index in [9.17, 15) is 14.9 Å². The first-order chi connectivity index (χ1) is 15.0. The van der Waals surface area contributed by atoms with E-state index in [0.717, 1.165) is 23.1 Å². The highest BCUT2D eigenvalue weighted by atomic mass is 32.2. The Kier molecular flexibility index (Phi) is 7.57. The topological polar surface area (TPSA) is 100 Å². The van der Waals surface area contributed by atoms with Gasteiger partial charge in [0.2, 0.25) is 11.8 Å². The summed E-state index contributed by atoms with van der Waals surface area (Å²) in [6.45, 7) is 2.47. The number of nitrogens with zero attached hydrogens (tertiary/aromatic N) is 1. The molecule has 0 spiro atoms. The van der Waals surface area contributed by atoms with Gasteiger partial charge >= 0.3 is 0 Å². The van der Waals surface area contributed by atoms with E-state index in [-0.39, 0.29) is 29.9 Å². The molecule has 2 aromatic rings. The number of hydrogen-bond acceptors (Lipinski definition) is 6. The lowest BCUT2D eigenvalue weighted by molar-refractivity contribution is -0.121. The third-order valence-corrected chi connectivity index (χ3v) is 5.69. The third-order valence-electron chi connectivity index (χ3n) is 4.67. The maximum absolute atomic E-state index is 12.3. The van der Waals surface area contributed by atoms with Gasteiger partial charge in [-0.05, 0) is 48.9 Å². The molecule has 1 aliphatic heterocycles. The van der Waals surface area contributed by atoms with Crippen molar-refractivity contribution in [2.45, 2.75) is 19.3 Å². The van der Waals surface area contributed by atoms with Crippen LogP contribution in [0.1, 0.15) is 24.8 Å². The second-order valence-corrected chi connectivity index (χ2v) is 7.71. The SMILES string of the molecule is CCOc1ccc(C2CC(=O)NC(SCC(=O)Nc3ccc(OC)cc3)=C2C#N)cc1. The second-order valence-electron chi connectivity index (χ2n) is 6.73. The Bertz CT molecular complexity index is 1010. The van der Waals surface area contributed by atoms with Gasteiger partial charge in [-0.3, -0.25) is 9.59 Å². The molecule has 0 saturated carbocycles. The largest absolute Gasteiger partial charge is 0.497 e. The Morgan fingerprint density at radius 2 is 1.87 bits per heavy atom. The molecule has 8 heteroatoms.